The second-order valence-corrected chi connectivity index (χ2v) is 5.61. The topological polar surface area (TPSA) is 62.4 Å². The average Bonchev–Trinajstić information content (AvgIpc) is 2.32. The Morgan fingerprint density at radius 2 is 2.11 bits per heavy atom. The van der Waals surface area contributed by atoms with Crippen LogP contribution in [0.4, 0.5) is 5.69 Å². The first-order chi connectivity index (χ1) is 8.50. The second-order valence-electron chi connectivity index (χ2n) is 5.61. The average molecular weight is 249 g/mol. The maximum absolute atomic E-state index is 10.6. The van der Waals surface area contributed by atoms with Crippen molar-refractivity contribution >= 4 is 5.69 Å². The van der Waals surface area contributed by atoms with E-state index in [1.807, 2.05) is 0 Å². The first kappa shape index (κ1) is 13.3. The summed E-state index contributed by atoms with van der Waals surface area (Å²) < 4.78 is 0. The lowest BCUT2D eigenvalue weighted by Gasteiger charge is -2.40. The van der Waals surface area contributed by atoms with Gasteiger partial charge in [-0.15, -0.1) is 0 Å². The molecular weight excluding hydrogens is 226 g/mol. The lowest BCUT2D eigenvalue weighted by molar-refractivity contribution is -0.0270. The van der Waals surface area contributed by atoms with Crippen LogP contribution in [0, 0.1) is 0 Å². The standard InChI is InChI=1S/C14H23N3O/c1-11(2)17-7-4-14(18,5-8-17)9-12-10-16-6-3-13(12)15/h3,6,10-11,18H,4-5,7-9H2,1-2H3,(H2,15,16). The first-order valence-corrected chi connectivity index (χ1v) is 6.65. The van der Waals surface area contributed by atoms with E-state index in [2.05, 4.69) is 23.7 Å². The summed E-state index contributed by atoms with van der Waals surface area (Å²) in [4.78, 5) is 6.49. The lowest BCUT2D eigenvalue weighted by atomic mass is 9.85. The quantitative estimate of drug-likeness (QED) is 0.851. The molecule has 0 radical (unpaired) electrons. The van der Waals surface area contributed by atoms with Crippen molar-refractivity contribution in [2.75, 3.05) is 18.8 Å². The molecule has 4 heteroatoms. The number of piperidine rings is 1. The summed E-state index contributed by atoms with van der Waals surface area (Å²) in [5.41, 5.74) is 6.97. The van der Waals surface area contributed by atoms with Crippen molar-refractivity contribution < 1.29 is 5.11 Å². The highest BCUT2D eigenvalue weighted by Gasteiger charge is 2.33. The largest absolute Gasteiger partial charge is 0.398 e. The summed E-state index contributed by atoms with van der Waals surface area (Å²) in [5.74, 6) is 0. The number of hydrogen-bond acceptors (Lipinski definition) is 4. The molecule has 4 nitrogen and oxygen atoms in total. The Bertz CT molecular complexity index is 398. The number of anilines is 1. The van der Waals surface area contributed by atoms with E-state index in [9.17, 15) is 5.11 Å². The van der Waals surface area contributed by atoms with Gasteiger partial charge in [0.25, 0.3) is 0 Å². The molecule has 0 bridgehead atoms. The number of likely N-dealkylation sites (tertiary alicyclic amines) is 1. The highest BCUT2D eigenvalue weighted by atomic mass is 16.3. The molecule has 0 unspecified atom stereocenters. The third-order valence-electron chi connectivity index (χ3n) is 3.92. The van der Waals surface area contributed by atoms with Crippen molar-refractivity contribution in [2.45, 2.75) is 44.8 Å². The number of nitrogen functional groups attached to an aromatic ring is 1. The Kier molecular flexibility index (Phi) is 3.88. The monoisotopic (exact) mass is 249 g/mol. The highest BCUT2D eigenvalue weighted by molar-refractivity contribution is 5.45. The molecule has 0 saturated carbocycles. The van der Waals surface area contributed by atoms with E-state index in [1.165, 1.54) is 0 Å². The molecule has 1 fully saturated rings. The number of hydrogen-bond donors (Lipinski definition) is 2. The summed E-state index contributed by atoms with van der Waals surface area (Å²) >= 11 is 0. The number of aliphatic hydroxyl groups is 1. The molecule has 100 valence electrons. The summed E-state index contributed by atoms with van der Waals surface area (Å²) in [6.07, 6.45) is 5.67. The smallest absolute Gasteiger partial charge is 0.0713 e. The molecule has 0 aromatic carbocycles. The summed E-state index contributed by atoms with van der Waals surface area (Å²) in [6.45, 7) is 6.30. The van der Waals surface area contributed by atoms with Crippen LogP contribution in [0.15, 0.2) is 18.5 Å². The van der Waals surface area contributed by atoms with Crippen LogP contribution in [0.1, 0.15) is 32.3 Å². The predicted octanol–water partition coefficient (Wildman–Crippen LogP) is 1.44. The van der Waals surface area contributed by atoms with Crippen LogP contribution >= 0.6 is 0 Å². The van der Waals surface area contributed by atoms with Crippen molar-refractivity contribution in [3.63, 3.8) is 0 Å². The third kappa shape index (κ3) is 3.00. The molecule has 18 heavy (non-hydrogen) atoms. The van der Waals surface area contributed by atoms with Crippen molar-refractivity contribution in [3.05, 3.63) is 24.0 Å². The summed E-state index contributed by atoms with van der Waals surface area (Å²) in [7, 11) is 0. The van der Waals surface area contributed by atoms with Crippen LogP contribution in [0.5, 0.6) is 0 Å². The van der Waals surface area contributed by atoms with Gasteiger partial charge in [0.1, 0.15) is 0 Å². The molecule has 1 aliphatic heterocycles. The van der Waals surface area contributed by atoms with Crippen LogP contribution in [-0.2, 0) is 6.42 Å². The fourth-order valence-electron chi connectivity index (χ4n) is 2.57. The van der Waals surface area contributed by atoms with E-state index >= 15 is 0 Å². The van der Waals surface area contributed by atoms with Gasteiger partial charge in [-0.25, -0.2) is 0 Å². The van der Waals surface area contributed by atoms with Gasteiger partial charge >= 0.3 is 0 Å². The molecule has 1 saturated heterocycles. The van der Waals surface area contributed by atoms with E-state index in [1.54, 1.807) is 18.5 Å². The van der Waals surface area contributed by atoms with Crippen LogP contribution in [0.3, 0.4) is 0 Å². The Hall–Kier alpha value is -1.13. The highest BCUT2D eigenvalue weighted by Crippen LogP contribution is 2.28. The van der Waals surface area contributed by atoms with Crippen LogP contribution < -0.4 is 5.73 Å². The molecule has 0 aliphatic carbocycles. The van der Waals surface area contributed by atoms with E-state index in [4.69, 9.17) is 5.73 Å². The molecule has 3 N–H and O–H groups in total. The minimum atomic E-state index is -0.622. The fourth-order valence-corrected chi connectivity index (χ4v) is 2.57. The lowest BCUT2D eigenvalue weighted by Crippen LogP contribution is -2.47. The Morgan fingerprint density at radius 3 is 2.67 bits per heavy atom. The van der Waals surface area contributed by atoms with Gasteiger partial charge in [-0.05, 0) is 38.3 Å². The molecule has 1 aromatic rings. The molecular formula is C14H23N3O. The van der Waals surface area contributed by atoms with Crippen molar-refractivity contribution in [2.24, 2.45) is 0 Å². The Morgan fingerprint density at radius 1 is 1.44 bits per heavy atom. The minimum absolute atomic E-state index is 0.554. The molecule has 0 spiro atoms. The molecule has 2 rings (SSSR count). The maximum Gasteiger partial charge on any atom is 0.0713 e. The maximum atomic E-state index is 10.6. The SMILES string of the molecule is CC(C)N1CCC(O)(Cc2cnccc2N)CC1. The number of aromatic nitrogens is 1. The summed E-state index contributed by atoms with van der Waals surface area (Å²) in [5, 5.41) is 10.6. The normalized spacial score (nSPS) is 20.2. The van der Waals surface area contributed by atoms with Gasteiger partial charge in [0, 0.05) is 43.6 Å². The third-order valence-corrected chi connectivity index (χ3v) is 3.92. The second kappa shape index (κ2) is 5.24. The van der Waals surface area contributed by atoms with Crippen molar-refractivity contribution in [1.29, 1.82) is 0 Å². The van der Waals surface area contributed by atoms with Crippen molar-refractivity contribution in [1.82, 2.24) is 9.88 Å². The van der Waals surface area contributed by atoms with Gasteiger partial charge in [0.2, 0.25) is 0 Å². The van der Waals surface area contributed by atoms with Crippen LogP contribution in [-0.4, -0.2) is 39.7 Å². The summed E-state index contributed by atoms with van der Waals surface area (Å²) in [6, 6.07) is 2.35. The van der Waals surface area contributed by atoms with Gasteiger partial charge in [0.05, 0.1) is 5.60 Å². The van der Waals surface area contributed by atoms with Gasteiger partial charge in [0.15, 0.2) is 0 Å². The van der Waals surface area contributed by atoms with Crippen LogP contribution in [0.25, 0.3) is 0 Å². The zero-order valence-electron chi connectivity index (χ0n) is 11.3. The van der Waals surface area contributed by atoms with E-state index in [-0.39, 0.29) is 0 Å². The van der Waals surface area contributed by atoms with E-state index in [0.29, 0.717) is 12.5 Å². The molecule has 1 aliphatic rings. The van der Waals surface area contributed by atoms with Gasteiger partial charge in [-0.3, -0.25) is 4.98 Å². The molecule has 0 atom stereocenters. The van der Waals surface area contributed by atoms with Crippen LogP contribution in [0.2, 0.25) is 0 Å². The van der Waals surface area contributed by atoms with E-state index in [0.717, 1.165) is 37.2 Å². The molecule has 1 aromatic heterocycles. The zero-order valence-corrected chi connectivity index (χ0v) is 11.3. The van der Waals surface area contributed by atoms with Gasteiger partial charge in [-0.2, -0.15) is 0 Å². The zero-order chi connectivity index (χ0) is 13.2. The molecule has 0 amide bonds. The number of pyridine rings is 1. The predicted molar refractivity (Wildman–Crippen MR) is 73.2 cm³/mol. The van der Waals surface area contributed by atoms with Crippen molar-refractivity contribution in [3.8, 4) is 0 Å². The first-order valence-electron chi connectivity index (χ1n) is 6.65. The number of nitrogens with zero attached hydrogens (tertiary/aromatic N) is 2. The minimum Gasteiger partial charge on any atom is -0.398 e. The van der Waals surface area contributed by atoms with Gasteiger partial charge in [-0.1, -0.05) is 0 Å². The van der Waals surface area contributed by atoms with E-state index < -0.39 is 5.60 Å². The fraction of sp³-hybridized carbons (Fsp3) is 0.643. The Labute approximate surface area is 109 Å². The Balaban J connectivity index is 2.00. The number of rotatable bonds is 3. The van der Waals surface area contributed by atoms with Gasteiger partial charge < -0.3 is 15.7 Å². The molecule has 2 heterocycles. The number of nitrogens with two attached hydrogens (primary N) is 1.